The Morgan fingerprint density at radius 1 is 1.20 bits per heavy atom. The van der Waals surface area contributed by atoms with Crippen LogP contribution in [0.3, 0.4) is 0 Å². The maximum atomic E-state index is 12.8. The summed E-state index contributed by atoms with van der Waals surface area (Å²) in [5, 5.41) is 5.22. The number of carbonyl (C=O) groups excluding carboxylic acids is 2. The van der Waals surface area contributed by atoms with Crippen molar-refractivity contribution in [3.63, 3.8) is 0 Å². The number of thiazole rings is 1. The second-order valence-corrected chi connectivity index (χ2v) is 9.47. The second kappa shape index (κ2) is 11.5. The zero-order valence-corrected chi connectivity index (χ0v) is 21.2. The fourth-order valence-electron chi connectivity index (χ4n) is 4.25. The minimum absolute atomic E-state index is 0.141. The highest BCUT2D eigenvalue weighted by molar-refractivity contribution is 7.09. The molecule has 35 heavy (non-hydrogen) atoms. The lowest BCUT2D eigenvalue weighted by Crippen LogP contribution is -2.40. The zero-order chi connectivity index (χ0) is 24.8. The molecule has 2 heterocycles. The van der Waals surface area contributed by atoms with Crippen LogP contribution in [-0.2, 0) is 22.6 Å². The van der Waals surface area contributed by atoms with Gasteiger partial charge < -0.3 is 19.7 Å². The molecule has 0 fully saturated rings. The van der Waals surface area contributed by atoms with Gasteiger partial charge in [0.2, 0.25) is 5.91 Å². The smallest absolute Gasteiger partial charge is 0.270 e. The third kappa shape index (κ3) is 5.89. The van der Waals surface area contributed by atoms with E-state index in [4.69, 9.17) is 9.47 Å². The molecule has 7 nitrogen and oxygen atoms in total. The van der Waals surface area contributed by atoms with Gasteiger partial charge in [0, 0.05) is 32.0 Å². The number of ether oxygens (including phenoxy) is 2. The van der Waals surface area contributed by atoms with E-state index >= 15 is 0 Å². The Labute approximate surface area is 210 Å². The van der Waals surface area contributed by atoms with Crippen molar-refractivity contribution < 1.29 is 19.1 Å². The molecule has 0 saturated carbocycles. The van der Waals surface area contributed by atoms with Gasteiger partial charge in [0.05, 0.1) is 12.6 Å². The Bertz CT molecular complexity index is 1180. The number of rotatable bonds is 9. The number of fused-ring (bicyclic) bond motifs is 1. The maximum Gasteiger partial charge on any atom is 0.270 e. The molecule has 1 aliphatic rings. The lowest BCUT2D eigenvalue weighted by atomic mass is 9.87. The van der Waals surface area contributed by atoms with E-state index in [1.807, 2.05) is 24.0 Å². The molecule has 0 spiro atoms. The van der Waals surface area contributed by atoms with Gasteiger partial charge in [-0.25, -0.2) is 4.98 Å². The number of benzene rings is 2. The van der Waals surface area contributed by atoms with Crippen molar-refractivity contribution in [2.24, 2.45) is 0 Å². The Morgan fingerprint density at radius 2 is 2.00 bits per heavy atom. The summed E-state index contributed by atoms with van der Waals surface area (Å²) in [7, 11) is 1.59. The molecule has 0 saturated heterocycles. The first kappa shape index (κ1) is 24.9. The third-order valence-electron chi connectivity index (χ3n) is 6.10. The van der Waals surface area contributed by atoms with Gasteiger partial charge in [-0.2, -0.15) is 0 Å². The summed E-state index contributed by atoms with van der Waals surface area (Å²) in [6.45, 7) is 5.83. The van der Waals surface area contributed by atoms with Crippen molar-refractivity contribution in [2.75, 3.05) is 26.8 Å². The quantitative estimate of drug-likeness (QED) is 0.450. The van der Waals surface area contributed by atoms with Crippen molar-refractivity contribution >= 4 is 23.2 Å². The minimum Gasteiger partial charge on any atom is -0.486 e. The summed E-state index contributed by atoms with van der Waals surface area (Å²) in [5.41, 5.74) is 4.98. The molecule has 0 unspecified atom stereocenters. The first-order chi connectivity index (χ1) is 17.0. The lowest BCUT2D eigenvalue weighted by Gasteiger charge is -2.38. The van der Waals surface area contributed by atoms with Gasteiger partial charge in [-0.3, -0.25) is 9.59 Å². The van der Waals surface area contributed by atoms with Crippen LogP contribution in [0.25, 0.3) is 0 Å². The molecule has 1 aromatic heterocycles. The van der Waals surface area contributed by atoms with Crippen molar-refractivity contribution in [3.05, 3.63) is 80.8 Å². The van der Waals surface area contributed by atoms with Gasteiger partial charge >= 0.3 is 0 Å². The molecule has 2 aromatic carbocycles. The molecule has 0 aliphatic carbocycles. The third-order valence-corrected chi connectivity index (χ3v) is 6.92. The SMILES string of the molecule is CCC(=O)N1CCc2ccc(OCc3nc(C(=O)NCCOC)cs3)cc2[C@H]1c1ccc(C)cc1. The zero-order valence-electron chi connectivity index (χ0n) is 20.4. The van der Waals surface area contributed by atoms with Crippen LogP contribution < -0.4 is 10.1 Å². The molecule has 1 N–H and O–H groups in total. The molecular formula is C27H31N3O4S. The van der Waals surface area contributed by atoms with Crippen LogP contribution in [0.15, 0.2) is 47.8 Å². The number of nitrogens with one attached hydrogen (secondary N) is 1. The largest absolute Gasteiger partial charge is 0.486 e. The number of hydrogen-bond acceptors (Lipinski definition) is 6. The lowest BCUT2D eigenvalue weighted by molar-refractivity contribution is -0.132. The molecule has 0 radical (unpaired) electrons. The van der Waals surface area contributed by atoms with Crippen LogP contribution in [0.5, 0.6) is 5.75 Å². The summed E-state index contributed by atoms with van der Waals surface area (Å²) in [5.74, 6) is 0.638. The number of hydrogen-bond donors (Lipinski definition) is 1. The first-order valence-electron chi connectivity index (χ1n) is 11.8. The van der Waals surface area contributed by atoms with Crippen molar-refractivity contribution in [1.82, 2.24) is 15.2 Å². The van der Waals surface area contributed by atoms with E-state index in [0.29, 0.717) is 37.6 Å². The molecule has 4 rings (SSSR count). The topological polar surface area (TPSA) is 80.8 Å². The number of nitrogens with zero attached hydrogens (tertiary/aromatic N) is 2. The average molecular weight is 494 g/mol. The van der Waals surface area contributed by atoms with E-state index in [2.05, 4.69) is 47.6 Å². The van der Waals surface area contributed by atoms with Crippen LogP contribution in [0, 0.1) is 6.92 Å². The summed E-state index contributed by atoms with van der Waals surface area (Å²) >= 11 is 1.39. The van der Waals surface area contributed by atoms with Gasteiger partial charge in [-0.1, -0.05) is 42.8 Å². The number of aryl methyl sites for hydroxylation is 1. The van der Waals surface area contributed by atoms with Crippen molar-refractivity contribution in [1.29, 1.82) is 0 Å². The average Bonchev–Trinajstić information content (AvgIpc) is 3.36. The van der Waals surface area contributed by atoms with E-state index in [-0.39, 0.29) is 24.5 Å². The Kier molecular flexibility index (Phi) is 8.15. The monoisotopic (exact) mass is 493 g/mol. The van der Waals surface area contributed by atoms with Crippen LogP contribution >= 0.6 is 11.3 Å². The van der Waals surface area contributed by atoms with Gasteiger partial charge in [0.1, 0.15) is 23.1 Å². The van der Waals surface area contributed by atoms with Crippen LogP contribution in [0.1, 0.15) is 57.1 Å². The number of amides is 2. The predicted octanol–water partition coefficient (Wildman–Crippen LogP) is 4.29. The summed E-state index contributed by atoms with van der Waals surface area (Å²) in [4.78, 5) is 31.4. The van der Waals surface area contributed by atoms with Gasteiger partial charge in [0.15, 0.2) is 0 Å². The molecule has 1 aliphatic heterocycles. The molecule has 0 bridgehead atoms. The number of aromatic nitrogens is 1. The van der Waals surface area contributed by atoms with Crippen molar-refractivity contribution in [3.8, 4) is 5.75 Å². The molecule has 3 aromatic rings. The minimum atomic E-state index is -0.222. The molecule has 184 valence electrons. The molecule has 8 heteroatoms. The van der Waals surface area contributed by atoms with Crippen molar-refractivity contribution in [2.45, 2.75) is 39.3 Å². The fourth-order valence-corrected chi connectivity index (χ4v) is 4.93. The van der Waals surface area contributed by atoms with E-state index in [0.717, 1.165) is 22.6 Å². The highest BCUT2D eigenvalue weighted by atomic mass is 32.1. The normalized spacial score (nSPS) is 14.9. The van der Waals surface area contributed by atoms with E-state index in [9.17, 15) is 9.59 Å². The van der Waals surface area contributed by atoms with Gasteiger partial charge in [0.25, 0.3) is 5.91 Å². The van der Waals surface area contributed by atoms with Gasteiger partial charge in [-0.05, 0) is 42.2 Å². The number of methoxy groups -OCH3 is 1. The predicted molar refractivity (Wildman–Crippen MR) is 136 cm³/mol. The van der Waals surface area contributed by atoms with E-state index in [1.54, 1.807) is 12.5 Å². The van der Waals surface area contributed by atoms with Crippen LogP contribution in [-0.4, -0.2) is 48.5 Å². The van der Waals surface area contributed by atoms with Crippen LogP contribution in [0.2, 0.25) is 0 Å². The second-order valence-electron chi connectivity index (χ2n) is 8.53. The maximum absolute atomic E-state index is 12.8. The highest BCUT2D eigenvalue weighted by Crippen LogP contribution is 2.37. The molecule has 2 amide bonds. The summed E-state index contributed by atoms with van der Waals surface area (Å²) in [6.07, 6.45) is 1.29. The highest BCUT2D eigenvalue weighted by Gasteiger charge is 2.31. The van der Waals surface area contributed by atoms with Gasteiger partial charge in [-0.15, -0.1) is 11.3 Å². The first-order valence-corrected chi connectivity index (χ1v) is 12.7. The number of carbonyl (C=O) groups is 2. The Morgan fingerprint density at radius 3 is 2.74 bits per heavy atom. The van der Waals surface area contributed by atoms with E-state index < -0.39 is 0 Å². The van der Waals surface area contributed by atoms with Crippen LogP contribution in [0.4, 0.5) is 0 Å². The Hall–Kier alpha value is -3.23. The summed E-state index contributed by atoms with van der Waals surface area (Å²) in [6, 6.07) is 14.3. The standard InChI is InChI=1S/C27H31N3O4S/c1-4-25(31)30-13-11-19-9-10-21(15-22(19)26(30)20-7-5-18(2)6-8-20)34-16-24-29-23(17-35-24)27(32)28-12-14-33-3/h5-10,15,17,26H,4,11-14,16H2,1-3H3,(H,28,32)/t26-/m1/s1. The molecule has 1 atom stereocenters. The van der Waals surface area contributed by atoms with E-state index in [1.165, 1.54) is 22.5 Å². The fraction of sp³-hybridized carbons (Fsp3) is 0.370. The Balaban J connectivity index is 1.52. The molecular weight excluding hydrogens is 462 g/mol. The summed E-state index contributed by atoms with van der Waals surface area (Å²) < 4.78 is 11.0.